The number of amides is 2. The average Bonchev–Trinajstić information content (AvgIpc) is 2.84. The van der Waals surface area contributed by atoms with Gasteiger partial charge in [0, 0.05) is 51.0 Å². The molecule has 0 saturated carbocycles. The molecule has 4 rings (SSSR count). The number of carbonyl (C=O) groups is 2. The summed E-state index contributed by atoms with van der Waals surface area (Å²) in [5.74, 6) is -1.17. The molecule has 0 bridgehead atoms. The highest BCUT2D eigenvalue weighted by Gasteiger charge is 2.37. The molecule has 2 unspecified atom stereocenters. The predicted octanol–water partition coefficient (Wildman–Crippen LogP) is 2.86. The number of benzene rings is 1. The van der Waals surface area contributed by atoms with Gasteiger partial charge in [0.15, 0.2) is 0 Å². The van der Waals surface area contributed by atoms with Crippen LogP contribution in [0.1, 0.15) is 24.8 Å². The Balaban J connectivity index is 1.26. The first-order valence-electron chi connectivity index (χ1n) is 11.3. The number of likely N-dealkylation sites (tertiary alicyclic amines) is 1. The molecule has 1 aromatic carbocycles. The van der Waals surface area contributed by atoms with Crippen LogP contribution in [0.3, 0.4) is 0 Å². The quantitative estimate of drug-likeness (QED) is 0.460. The summed E-state index contributed by atoms with van der Waals surface area (Å²) in [7, 11) is 1.60. The van der Waals surface area contributed by atoms with E-state index in [1.807, 2.05) is 12.1 Å². The number of pyridine rings is 1. The first kappa shape index (κ1) is 25.9. The third kappa shape index (κ3) is 6.75. The van der Waals surface area contributed by atoms with Gasteiger partial charge >= 0.3 is 0 Å². The largest absolute Gasteiger partial charge is 0.352 e. The molecule has 2 amide bonds. The van der Waals surface area contributed by atoms with Gasteiger partial charge in [-0.3, -0.25) is 14.5 Å². The van der Waals surface area contributed by atoms with Crippen LogP contribution in [0, 0.1) is 5.82 Å². The molecule has 3 N–H and O–H groups in total. The fourth-order valence-electron chi connectivity index (χ4n) is 4.18. The monoisotopic (exact) mass is 568 g/mol. The Morgan fingerprint density at radius 1 is 1.29 bits per heavy atom. The lowest BCUT2D eigenvalue weighted by atomic mass is 10.0. The molecule has 2 aliphatic rings. The molecular weight excluding hydrogens is 543 g/mol. The van der Waals surface area contributed by atoms with Gasteiger partial charge in [-0.25, -0.2) is 14.3 Å². The summed E-state index contributed by atoms with van der Waals surface area (Å²) in [6, 6.07) is 6.53. The van der Waals surface area contributed by atoms with Crippen molar-refractivity contribution in [3.05, 3.63) is 57.5 Å². The van der Waals surface area contributed by atoms with Gasteiger partial charge in [0.2, 0.25) is 11.8 Å². The molecule has 1 aromatic heterocycles. The summed E-state index contributed by atoms with van der Waals surface area (Å²) in [6.45, 7) is 2.51. The van der Waals surface area contributed by atoms with E-state index in [0.717, 1.165) is 42.6 Å². The van der Waals surface area contributed by atoms with E-state index in [4.69, 9.17) is 16.5 Å². The Morgan fingerprint density at radius 2 is 2.06 bits per heavy atom. The zero-order valence-electron chi connectivity index (χ0n) is 19.1. The van der Waals surface area contributed by atoms with Crippen molar-refractivity contribution >= 4 is 45.0 Å². The zero-order chi connectivity index (χ0) is 24.9. The lowest BCUT2D eigenvalue weighted by Crippen LogP contribution is -2.59. The molecule has 3 heterocycles. The van der Waals surface area contributed by atoms with E-state index >= 15 is 0 Å². The normalized spacial score (nSPS) is 22.1. The van der Waals surface area contributed by atoms with Crippen LogP contribution in [0.25, 0.3) is 0 Å². The number of hydrogen-bond acceptors (Lipinski definition) is 7. The van der Waals surface area contributed by atoms with Crippen LogP contribution < -0.4 is 16.1 Å². The third-order valence-corrected chi connectivity index (χ3v) is 7.21. The van der Waals surface area contributed by atoms with Gasteiger partial charge in [0.05, 0.1) is 5.02 Å². The number of carbonyl (C=O) groups excluding carboxylic acids is 2. The molecular formula is C23H27BrClFN6O3. The van der Waals surface area contributed by atoms with Crippen LogP contribution in [0.4, 0.5) is 10.1 Å². The maximum Gasteiger partial charge on any atom is 0.244 e. The topological polar surface area (TPSA) is 98.8 Å². The summed E-state index contributed by atoms with van der Waals surface area (Å²) in [4.78, 5) is 37.7. The number of hydrogen-bond donors (Lipinski definition) is 3. The van der Waals surface area contributed by atoms with Gasteiger partial charge in [-0.05, 0) is 58.6 Å². The van der Waals surface area contributed by atoms with Crippen LogP contribution in [0.2, 0.25) is 5.02 Å². The van der Waals surface area contributed by atoms with Crippen LogP contribution in [-0.2, 0) is 21.1 Å². The number of piperidine rings is 1. The standard InChI is InChI=1S/C23H27BrClFN6O3/c1-31-20(23(34)29-16-4-5-18(26)17(25)11-16)12-19(30-35-31)22(33)28-15-6-9-32(10-7-15)13-14-3-2-8-27-21(14)24/h2-5,8,11,15,19-20,30H,6-7,9-10,12-13H2,1H3,(H,28,33)(H,29,34). The number of nitrogens with zero attached hydrogens (tertiary/aromatic N) is 3. The summed E-state index contributed by atoms with van der Waals surface area (Å²) < 4.78 is 14.2. The van der Waals surface area contributed by atoms with Gasteiger partial charge in [-0.2, -0.15) is 10.5 Å². The predicted molar refractivity (Wildman–Crippen MR) is 133 cm³/mol. The number of hydroxylamine groups is 3. The molecule has 2 aromatic rings. The smallest absolute Gasteiger partial charge is 0.244 e. The Kier molecular flexibility index (Phi) is 8.68. The molecule has 2 fully saturated rings. The number of likely N-dealkylation sites (N-methyl/N-ethyl adjacent to an activating group) is 1. The summed E-state index contributed by atoms with van der Waals surface area (Å²) >= 11 is 9.28. The van der Waals surface area contributed by atoms with E-state index in [2.05, 4.69) is 41.9 Å². The number of nitrogens with one attached hydrogen (secondary N) is 3. The highest BCUT2D eigenvalue weighted by Crippen LogP contribution is 2.22. The molecule has 12 heteroatoms. The second-order valence-electron chi connectivity index (χ2n) is 8.69. The van der Waals surface area contributed by atoms with Gasteiger partial charge < -0.3 is 10.6 Å². The van der Waals surface area contributed by atoms with E-state index in [-0.39, 0.29) is 29.3 Å². The summed E-state index contributed by atoms with van der Waals surface area (Å²) in [5.41, 5.74) is 4.21. The molecule has 0 spiro atoms. The maximum absolute atomic E-state index is 13.4. The van der Waals surface area contributed by atoms with E-state index in [1.165, 1.54) is 23.3 Å². The molecule has 2 saturated heterocycles. The van der Waals surface area contributed by atoms with Crippen molar-refractivity contribution in [1.29, 1.82) is 0 Å². The van der Waals surface area contributed by atoms with Crippen molar-refractivity contribution < 1.29 is 18.9 Å². The lowest BCUT2D eigenvalue weighted by molar-refractivity contribution is -0.248. The van der Waals surface area contributed by atoms with Crippen molar-refractivity contribution in [1.82, 2.24) is 25.7 Å². The fourth-order valence-corrected chi connectivity index (χ4v) is 4.73. The Labute approximate surface area is 216 Å². The first-order valence-corrected chi connectivity index (χ1v) is 12.5. The van der Waals surface area contributed by atoms with Crippen molar-refractivity contribution in [2.24, 2.45) is 0 Å². The molecule has 188 valence electrons. The van der Waals surface area contributed by atoms with Gasteiger partial charge in [0.1, 0.15) is 22.5 Å². The van der Waals surface area contributed by atoms with Gasteiger partial charge in [-0.1, -0.05) is 17.7 Å². The summed E-state index contributed by atoms with van der Waals surface area (Å²) in [6.07, 6.45) is 3.61. The minimum absolute atomic E-state index is 0.0474. The van der Waals surface area contributed by atoms with Crippen LogP contribution >= 0.6 is 27.5 Å². The van der Waals surface area contributed by atoms with E-state index < -0.39 is 17.9 Å². The van der Waals surface area contributed by atoms with E-state index in [9.17, 15) is 14.0 Å². The Hall–Kier alpha value is -2.15. The molecule has 9 nitrogen and oxygen atoms in total. The average molecular weight is 570 g/mol. The summed E-state index contributed by atoms with van der Waals surface area (Å²) in [5, 5.41) is 7.04. The first-order chi connectivity index (χ1) is 16.8. The second-order valence-corrected chi connectivity index (χ2v) is 9.85. The number of anilines is 1. The third-order valence-electron chi connectivity index (χ3n) is 6.21. The van der Waals surface area contributed by atoms with Gasteiger partial charge in [0.25, 0.3) is 0 Å². The number of aromatic nitrogens is 1. The van der Waals surface area contributed by atoms with Crippen LogP contribution in [0.5, 0.6) is 0 Å². The molecule has 0 aliphatic carbocycles. The minimum Gasteiger partial charge on any atom is -0.352 e. The molecule has 35 heavy (non-hydrogen) atoms. The molecule has 2 aliphatic heterocycles. The highest BCUT2D eigenvalue weighted by molar-refractivity contribution is 9.10. The second kappa shape index (κ2) is 11.7. The van der Waals surface area contributed by atoms with E-state index in [0.29, 0.717) is 5.69 Å². The van der Waals surface area contributed by atoms with Crippen molar-refractivity contribution in [3.8, 4) is 0 Å². The van der Waals surface area contributed by atoms with Crippen molar-refractivity contribution in [2.75, 3.05) is 25.5 Å². The van der Waals surface area contributed by atoms with Crippen molar-refractivity contribution in [3.63, 3.8) is 0 Å². The minimum atomic E-state index is -0.726. The van der Waals surface area contributed by atoms with Crippen LogP contribution in [-0.4, -0.2) is 65.0 Å². The number of halogens is 3. The molecule has 0 radical (unpaired) electrons. The highest BCUT2D eigenvalue weighted by atomic mass is 79.9. The fraction of sp³-hybridized carbons (Fsp3) is 0.435. The van der Waals surface area contributed by atoms with Crippen molar-refractivity contribution in [2.45, 2.75) is 43.9 Å². The maximum atomic E-state index is 13.4. The molecule has 2 atom stereocenters. The number of rotatable bonds is 6. The zero-order valence-corrected chi connectivity index (χ0v) is 21.5. The SMILES string of the molecule is CN1ONC(C(=O)NC2CCN(Cc3cccnc3Br)CC2)CC1C(=O)Nc1ccc(F)c(Cl)c1. The Morgan fingerprint density at radius 3 is 2.77 bits per heavy atom. The lowest BCUT2D eigenvalue weighted by Gasteiger charge is -2.36. The van der Waals surface area contributed by atoms with Gasteiger partial charge in [-0.15, -0.1) is 0 Å². The Bertz CT molecular complexity index is 1070. The van der Waals surface area contributed by atoms with Crippen LogP contribution in [0.15, 0.2) is 41.1 Å². The van der Waals surface area contributed by atoms with E-state index in [1.54, 1.807) is 13.2 Å².